The second kappa shape index (κ2) is 6.45. The van der Waals surface area contributed by atoms with Gasteiger partial charge in [-0.3, -0.25) is 14.4 Å². The fourth-order valence-corrected chi connectivity index (χ4v) is 3.90. The Bertz CT molecular complexity index is 662. The summed E-state index contributed by atoms with van der Waals surface area (Å²) < 4.78 is 2.00. The van der Waals surface area contributed by atoms with Gasteiger partial charge in [0.25, 0.3) is 0 Å². The molecule has 0 spiro atoms. The van der Waals surface area contributed by atoms with Gasteiger partial charge in [0.05, 0.1) is 18.2 Å². The van der Waals surface area contributed by atoms with Gasteiger partial charge in [-0.05, 0) is 36.3 Å². The van der Waals surface area contributed by atoms with Crippen LogP contribution in [-0.4, -0.2) is 33.7 Å². The largest absolute Gasteiger partial charge is 0.355 e. The van der Waals surface area contributed by atoms with E-state index in [4.69, 9.17) is 0 Å². The molecule has 0 unspecified atom stereocenters. The quantitative estimate of drug-likeness (QED) is 0.913. The minimum absolute atomic E-state index is 0.0325. The van der Waals surface area contributed by atoms with Crippen LogP contribution in [0.25, 0.3) is 0 Å². The molecular weight excluding hydrogens is 308 g/mol. The maximum absolute atomic E-state index is 12.6. The molecule has 1 fully saturated rings. The number of aromatic nitrogens is 2. The van der Waals surface area contributed by atoms with E-state index in [9.17, 15) is 4.79 Å². The highest BCUT2D eigenvalue weighted by molar-refractivity contribution is 7.09. The van der Waals surface area contributed by atoms with Crippen LogP contribution in [-0.2, 0) is 24.4 Å². The van der Waals surface area contributed by atoms with Crippen molar-refractivity contribution < 1.29 is 4.79 Å². The maximum Gasteiger partial charge on any atom is 0.226 e. The Morgan fingerprint density at radius 1 is 1.35 bits per heavy atom. The van der Waals surface area contributed by atoms with Crippen LogP contribution >= 0.6 is 11.3 Å². The highest BCUT2D eigenvalue weighted by Crippen LogP contribution is 2.28. The van der Waals surface area contributed by atoms with Crippen molar-refractivity contribution in [3.8, 4) is 0 Å². The molecule has 23 heavy (non-hydrogen) atoms. The second-order valence-corrected chi connectivity index (χ2v) is 7.67. The molecule has 6 heteroatoms. The van der Waals surface area contributed by atoms with Crippen molar-refractivity contribution in [1.82, 2.24) is 20.0 Å². The summed E-state index contributed by atoms with van der Waals surface area (Å²) in [5.41, 5.74) is 1.19. The van der Waals surface area contributed by atoms with Crippen LogP contribution in [0.1, 0.15) is 23.4 Å². The SMILES string of the molecule is O=C(NCC1CC1)[C@@H]1CN(Cc2cccs2)Cc2ccnn2C1. The molecule has 1 aliphatic carbocycles. The van der Waals surface area contributed by atoms with Gasteiger partial charge in [0.15, 0.2) is 0 Å². The highest BCUT2D eigenvalue weighted by Gasteiger charge is 2.29. The van der Waals surface area contributed by atoms with Crippen LogP contribution in [0.3, 0.4) is 0 Å². The summed E-state index contributed by atoms with van der Waals surface area (Å²) in [4.78, 5) is 16.3. The average molecular weight is 330 g/mol. The van der Waals surface area contributed by atoms with E-state index in [1.807, 2.05) is 10.9 Å². The van der Waals surface area contributed by atoms with Gasteiger partial charge in [-0.2, -0.15) is 5.10 Å². The molecule has 2 aliphatic rings. The summed E-state index contributed by atoms with van der Waals surface area (Å²) in [7, 11) is 0. The van der Waals surface area contributed by atoms with Crippen LogP contribution in [0.4, 0.5) is 0 Å². The maximum atomic E-state index is 12.6. The molecule has 1 saturated carbocycles. The zero-order chi connectivity index (χ0) is 15.6. The van der Waals surface area contributed by atoms with Crippen molar-refractivity contribution in [2.75, 3.05) is 13.1 Å². The van der Waals surface area contributed by atoms with E-state index in [1.165, 1.54) is 23.4 Å². The van der Waals surface area contributed by atoms with Crippen molar-refractivity contribution in [3.63, 3.8) is 0 Å². The molecule has 2 aromatic rings. The van der Waals surface area contributed by atoms with Crippen LogP contribution in [0, 0.1) is 11.8 Å². The Morgan fingerprint density at radius 3 is 3.04 bits per heavy atom. The first-order chi connectivity index (χ1) is 11.3. The Morgan fingerprint density at radius 2 is 2.26 bits per heavy atom. The van der Waals surface area contributed by atoms with Crippen molar-refractivity contribution in [3.05, 3.63) is 40.3 Å². The Kier molecular flexibility index (Phi) is 4.18. The van der Waals surface area contributed by atoms with E-state index in [0.29, 0.717) is 12.5 Å². The van der Waals surface area contributed by atoms with Gasteiger partial charge in [-0.15, -0.1) is 11.3 Å². The molecule has 3 heterocycles. The van der Waals surface area contributed by atoms with Crippen LogP contribution in [0.15, 0.2) is 29.8 Å². The van der Waals surface area contributed by atoms with E-state index < -0.39 is 0 Å². The summed E-state index contributed by atoms with van der Waals surface area (Å²) in [6.07, 6.45) is 4.36. The van der Waals surface area contributed by atoms with Gasteiger partial charge in [0.2, 0.25) is 5.91 Å². The number of rotatable bonds is 5. The number of fused-ring (bicyclic) bond motifs is 1. The number of hydrogen-bond acceptors (Lipinski definition) is 4. The lowest BCUT2D eigenvalue weighted by atomic mass is 10.1. The fraction of sp³-hybridized carbons (Fsp3) is 0.529. The zero-order valence-corrected chi connectivity index (χ0v) is 14.0. The van der Waals surface area contributed by atoms with E-state index in [0.717, 1.165) is 26.2 Å². The van der Waals surface area contributed by atoms with Crippen molar-refractivity contribution >= 4 is 17.2 Å². The van der Waals surface area contributed by atoms with E-state index in [2.05, 4.69) is 38.9 Å². The summed E-state index contributed by atoms with van der Waals surface area (Å²) in [6, 6.07) is 6.31. The molecule has 122 valence electrons. The third-order valence-corrected chi connectivity index (χ3v) is 5.52. The molecule has 1 aliphatic heterocycles. The molecule has 0 saturated heterocycles. The van der Waals surface area contributed by atoms with Gasteiger partial charge in [0.1, 0.15) is 0 Å². The number of carbonyl (C=O) groups excluding carboxylic acids is 1. The molecular formula is C17H22N4OS. The summed E-state index contributed by atoms with van der Waals surface area (Å²) in [5.74, 6) is 0.860. The number of amides is 1. The number of hydrogen-bond donors (Lipinski definition) is 1. The summed E-state index contributed by atoms with van der Waals surface area (Å²) in [5, 5.41) is 9.65. The minimum atomic E-state index is -0.0325. The van der Waals surface area contributed by atoms with Crippen molar-refractivity contribution in [2.24, 2.45) is 11.8 Å². The number of carbonyl (C=O) groups is 1. The minimum Gasteiger partial charge on any atom is -0.355 e. The molecule has 1 N–H and O–H groups in total. The number of nitrogens with one attached hydrogen (secondary N) is 1. The lowest BCUT2D eigenvalue weighted by Gasteiger charge is -2.22. The first-order valence-electron chi connectivity index (χ1n) is 8.31. The van der Waals surface area contributed by atoms with E-state index in [-0.39, 0.29) is 11.8 Å². The monoisotopic (exact) mass is 330 g/mol. The van der Waals surface area contributed by atoms with E-state index >= 15 is 0 Å². The van der Waals surface area contributed by atoms with E-state index in [1.54, 1.807) is 11.3 Å². The van der Waals surface area contributed by atoms with Crippen molar-refractivity contribution in [2.45, 2.75) is 32.5 Å². The molecule has 0 aromatic carbocycles. The normalized spacial score (nSPS) is 21.7. The molecule has 1 atom stereocenters. The van der Waals surface area contributed by atoms with Crippen LogP contribution in [0.2, 0.25) is 0 Å². The Hall–Kier alpha value is -1.66. The first-order valence-corrected chi connectivity index (χ1v) is 9.19. The van der Waals surface area contributed by atoms with Gasteiger partial charge < -0.3 is 5.32 Å². The number of nitrogens with zero attached hydrogens (tertiary/aromatic N) is 3. The first kappa shape index (κ1) is 14.9. The standard InChI is InChI=1S/C17H22N4OS/c22-17(18-8-13-3-4-13)14-9-20(12-16-2-1-7-23-16)11-15-5-6-19-21(15)10-14/h1-2,5-7,13-14H,3-4,8-12H2,(H,18,22)/t14-/m1/s1. The molecule has 0 radical (unpaired) electrons. The zero-order valence-electron chi connectivity index (χ0n) is 13.1. The van der Waals surface area contributed by atoms with Gasteiger partial charge in [0, 0.05) is 37.3 Å². The van der Waals surface area contributed by atoms with Gasteiger partial charge >= 0.3 is 0 Å². The lowest BCUT2D eigenvalue weighted by molar-refractivity contribution is -0.126. The van der Waals surface area contributed by atoms with Crippen LogP contribution < -0.4 is 5.32 Å². The third kappa shape index (κ3) is 3.64. The van der Waals surface area contributed by atoms with Crippen molar-refractivity contribution in [1.29, 1.82) is 0 Å². The smallest absolute Gasteiger partial charge is 0.226 e. The molecule has 0 bridgehead atoms. The topological polar surface area (TPSA) is 50.2 Å². The highest BCUT2D eigenvalue weighted by atomic mass is 32.1. The molecule has 5 nitrogen and oxygen atoms in total. The van der Waals surface area contributed by atoms with Crippen LogP contribution in [0.5, 0.6) is 0 Å². The Labute approximate surface area is 140 Å². The number of thiophene rings is 1. The predicted molar refractivity (Wildman–Crippen MR) is 89.9 cm³/mol. The summed E-state index contributed by atoms with van der Waals surface area (Å²) in [6.45, 7) is 4.06. The lowest BCUT2D eigenvalue weighted by Crippen LogP contribution is -2.39. The summed E-state index contributed by atoms with van der Waals surface area (Å²) >= 11 is 1.77. The molecule has 1 amide bonds. The predicted octanol–water partition coefficient (Wildman–Crippen LogP) is 2.10. The fourth-order valence-electron chi connectivity index (χ4n) is 3.15. The second-order valence-electron chi connectivity index (χ2n) is 6.64. The molecule has 2 aromatic heterocycles. The average Bonchev–Trinajstić information content (AvgIpc) is 3.12. The van der Waals surface area contributed by atoms with Gasteiger partial charge in [-0.1, -0.05) is 6.07 Å². The van der Waals surface area contributed by atoms with Gasteiger partial charge in [-0.25, -0.2) is 0 Å². The third-order valence-electron chi connectivity index (χ3n) is 4.65. The Balaban J connectivity index is 1.47. The molecule has 4 rings (SSSR count).